The van der Waals surface area contributed by atoms with Crippen LogP contribution in [-0.2, 0) is 18.4 Å². The Hall–Kier alpha value is -2.50. The molecule has 2 aromatic heterocycles. The van der Waals surface area contributed by atoms with Gasteiger partial charge in [-0.05, 0) is 29.5 Å². The average Bonchev–Trinajstić information content (AvgIpc) is 3.18. The number of hydrogen-bond donors (Lipinski definition) is 0. The van der Waals surface area contributed by atoms with Gasteiger partial charge in [0.15, 0.2) is 0 Å². The fourth-order valence-electron chi connectivity index (χ4n) is 2.50. The molecule has 3 aromatic rings. The summed E-state index contributed by atoms with van der Waals surface area (Å²) in [5, 5.41) is 8.48. The zero-order valence-electron chi connectivity index (χ0n) is 13.8. The number of rotatable bonds is 5. The van der Waals surface area contributed by atoms with Gasteiger partial charge in [-0.3, -0.25) is 4.68 Å². The van der Waals surface area contributed by atoms with Gasteiger partial charge >= 0.3 is 0 Å². The van der Waals surface area contributed by atoms with E-state index in [-0.39, 0.29) is 5.41 Å². The summed E-state index contributed by atoms with van der Waals surface area (Å²) in [6.45, 7) is 7.48. The van der Waals surface area contributed by atoms with Gasteiger partial charge in [0.25, 0.3) is 0 Å². The molecule has 6 nitrogen and oxygen atoms in total. The smallest absolute Gasteiger partial charge is 0.138 e. The summed E-state index contributed by atoms with van der Waals surface area (Å²) in [4.78, 5) is 8.34. The summed E-state index contributed by atoms with van der Waals surface area (Å²) in [6.07, 6.45) is 6.70. The van der Waals surface area contributed by atoms with Crippen molar-refractivity contribution in [3.05, 3.63) is 54.6 Å². The van der Waals surface area contributed by atoms with Gasteiger partial charge < -0.3 is 0 Å². The van der Waals surface area contributed by atoms with Gasteiger partial charge in [0.2, 0.25) is 0 Å². The third kappa shape index (κ3) is 3.64. The first kappa shape index (κ1) is 15.4. The fourth-order valence-corrected chi connectivity index (χ4v) is 2.50. The third-order valence-electron chi connectivity index (χ3n) is 3.85. The fraction of sp³-hybridized carbons (Fsp3) is 0.412. The van der Waals surface area contributed by atoms with Gasteiger partial charge in [0.05, 0.1) is 5.69 Å². The van der Waals surface area contributed by atoms with Crippen molar-refractivity contribution in [1.29, 1.82) is 0 Å². The molecule has 2 heterocycles. The van der Waals surface area contributed by atoms with Gasteiger partial charge in [-0.15, -0.1) is 0 Å². The van der Waals surface area contributed by atoms with Crippen molar-refractivity contribution in [3.8, 4) is 5.69 Å². The van der Waals surface area contributed by atoms with Crippen LogP contribution in [0, 0.1) is 0 Å². The minimum absolute atomic E-state index is 0.154. The molecule has 0 unspecified atom stereocenters. The lowest BCUT2D eigenvalue weighted by Crippen LogP contribution is -2.11. The number of hydrogen-bond acceptors (Lipinski definition) is 4. The van der Waals surface area contributed by atoms with Crippen molar-refractivity contribution in [2.24, 2.45) is 0 Å². The molecule has 0 saturated carbocycles. The first-order valence-electron chi connectivity index (χ1n) is 7.86. The van der Waals surface area contributed by atoms with E-state index in [1.807, 2.05) is 9.36 Å². The maximum Gasteiger partial charge on any atom is 0.138 e. The van der Waals surface area contributed by atoms with E-state index < -0.39 is 0 Å². The summed E-state index contributed by atoms with van der Waals surface area (Å²) >= 11 is 0. The maximum absolute atomic E-state index is 4.39. The van der Waals surface area contributed by atoms with Crippen molar-refractivity contribution in [2.45, 2.75) is 45.6 Å². The van der Waals surface area contributed by atoms with Crippen LogP contribution in [0.4, 0.5) is 0 Å². The largest absolute Gasteiger partial charge is 0.253 e. The van der Waals surface area contributed by atoms with Crippen LogP contribution in [0.15, 0.2) is 43.2 Å². The Bertz CT molecular complexity index is 734. The average molecular weight is 310 g/mol. The predicted molar refractivity (Wildman–Crippen MR) is 88.4 cm³/mol. The van der Waals surface area contributed by atoms with Crippen LogP contribution < -0.4 is 0 Å². The first-order chi connectivity index (χ1) is 11.0. The molecule has 0 aliphatic carbocycles. The lowest BCUT2D eigenvalue weighted by molar-refractivity contribution is 0.564. The second-order valence-electron chi connectivity index (χ2n) is 6.65. The zero-order chi connectivity index (χ0) is 16.3. The Morgan fingerprint density at radius 1 is 1.00 bits per heavy atom. The molecule has 0 atom stereocenters. The highest BCUT2D eigenvalue weighted by molar-refractivity contribution is 5.36. The molecule has 0 fully saturated rings. The summed E-state index contributed by atoms with van der Waals surface area (Å²) in [5.41, 5.74) is 2.52. The SMILES string of the molecule is CC(C)(C)c1ccc(-n2ncnc2CCCn2cncn2)cc1. The number of aryl methyl sites for hydroxylation is 2. The highest BCUT2D eigenvalue weighted by Gasteiger charge is 2.14. The van der Waals surface area contributed by atoms with E-state index >= 15 is 0 Å². The monoisotopic (exact) mass is 310 g/mol. The van der Waals surface area contributed by atoms with E-state index in [0.29, 0.717) is 0 Å². The van der Waals surface area contributed by atoms with E-state index in [1.54, 1.807) is 19.0 Å². The molecule has 3 rings (SSSR count). The van der Waals surface area contributed by atoms with Gasteiger partial charge in [-0.2, -0.15) is 10.2 Å². The Balaban J connectivity index is 1.70. The standard InChI is InChI=1S/C17H22N6/c1-17(2,3)14-6-8-15(9-7-14)23-16(19-12-21-23)5-4-10-22-13-18-11-20-22/h6-9,11-13H,4-5,10H2,1-3H3. The molecule has 6 heteroatoms. The molecule has 0 radical (unpaired) electrons. The molecule has 120 valence electrons. The highest BCUT2D eigenvalue weighted by atomic mass is 15.3. The Kier molecular flexibility index (Phi) is 4.23. The van der Waals surface area contributed by atoms with Crippen molar-refractivity contribution >= 4 is 0 Å². The molecule has 0 bridgehead atoms. The topological polar surface area (TPSA) is 61.4 Å². The minimum atomic E-state index is 0.154. The van der Waals surface area contributed by atoms with Crippen LogP contribution in [0.25, 0.3) is 5.69 Å². The number of benzene rings is 1. The predicted octanol–water partition coefficient (Wildman–Crippen LogP) is 2.79. The number of nitrogens with zero attached hydrogens (tertiary/aromatic N) is 6. The Morgan fingerprint density at radius 3 is 2.43 bits per heavy atom. The first-order valence-corrected chi connectivity index (χ1v) is 7.86. The lowest BCUT2D eigenvalue weighted by Gasteiger charge is -2.19. The second kappa shape index (κ2) is 6.32. The van der Waals surface area contributed by atoms with Crippen LogP contribution >= 0.6 is 0 Å². The molecule has 0 aliphatic rings. The van der Waals surface area contributed by atoms with E-state index in [1.165, 1.54) is 5.56 Å². The molecule has 1 aromatic carbocycles. The lowest BCUT2D eigenvalue weighted by atomic mass is 9.87. The van der Waals surface area contributed by atoms with Crippen molar-refractivity contribution < 1.29 is 0 Å². The van der Waals surface area contributed by atoms with E-state index in [0.717, 1.165) is 30.9 Å². The van der Waals surface area contributed by atoms with Crippen LogP contribution in [0.2, 0.25) is 0 Å². The minimum Gasteiger partial charge on any atom is -0.253 e. The molecule has 0 spiro atoms. The molecular formula is C17H22N6. The highest BCUT2D eigenvalue weighted by Crippen LogP contribution is 2.23. The molecular weight excluding hydrogens is 288 g/mol. The number of aromatic nitrogens is 6. The quantitative estimate of drug-likeness (QED) is 0.727. The van der Waals surface area contributed by atoms with E-state index in [2.05, 4.69) is 65.2 Å². The van der Waals surface area contributed by atoms with Crippen LogP contribution in [0.1, 0.15) is 38.6 Å². The normalized spacial score (nSPS) is 11.8. The molecule has 23 heavy (non-hydrogen) atoms. The van der Waals surface area contributed by atoms with Crippen molar-refractivity contribution in [3.63, 3.8) is 0 Å². The maximum atomic E-state index is 4.39. The van der Waals surface area contributed by atoms with Gasteiger partial charge in [-0.25, -0.2) is 14.6 Å². The Morgan fingerprint density at radius 2 is 1.78 bits per heavy atom. The summed E-state index contributed by atoms with van der Waals surface area (Å²) in [6, 6.07) is 8.54. The van der Waals surface area contributed by atoms with Crippen LogP contribution in [-0.4, -0.2) is 29.5 Å². The molecule has 0 N–H and O–H groups in total. The third-order valence-corrected chi connectivity index (χ3v) is 3.85. The van der Waals surface area contributed by atoms with Crippen molar-refractivity contribution in [2.75, 3.05) is 0 Å². The molecule has 0 aliphatic heterocycles. The second-order valence-corrected chi connectivity index (χ2v) is 6.65. The molecule has 0 saturated heterocycles. The summed E-state index contributed by atoms with van der Waals surface area (Å²) < 4.78 is 3.74. The van der Waals surface area contributed by atoms with Crippen molar-refractivity contribution in [1.82, 2.24) is 29.5 Å². The molecule has 0 amide bonds. The van der Waals surface area contributed by atoms with Gasteiger partial charge in [-0.1, -0.05) is 32.9 Å². The zero-order valence-corrected chi connectivity index (χ0v) is 13.8. The summed E-state index contributed by atoms with van der Waals surface area (Å²) in [5.74, 6) is 0.966. The van der Waals surface area contributed by atoms with Gasteiger partial charge in [0.1, 0.15) is 24.8 Å². The summed E-state index contributed by atoms with van der Waals surface area (Å²) in [7, 11) is 0. The van der Waals surface area contributed by atoms with E-state index in [9.17, 15) is 0 Å². The Labute approximate surface area is 136 Å². The van der Waals surface area contributed by atoms with Crippen LogP contribution in [0.3, 0.4) is 0 Å². The van der Waals surface area contributed by atoms with Crippen LogP contribution in [0.5, 0.6) is 0 Å². The van der Waals surface area contributed by atoms with E-state index in [4.69, 9.17) is 0 Å². The van der Waals surface area contributed by atoms with Gasteiger partial charge in [0, 0.05) is 13.0 Å².